The van der Waals surface area contributed by atoms with E-state index < -0.39 is 5.54 Å². The summed E-state index contributed by atoms with van der Waals surface area (Å²) in [5, 5.41) is 6.10. The van der Waals surface area contributed by atoms with E-state index in [0.29, 0.717) is 13.0 Å². The minimum atomic E-state index is -0.884. The molecule has 0 radical (unpaired) electrons. The molecule has 3 N–H and O–H groups in total. The van der Waals surface area contributed by atoms with Crippen molar-refractivity contribution in [1.29, 1.82) is 0 Å². The Bertz CT molecular complexity index is 543. The smallest absolute Gasteiger partial charge is 0.241 e. The third-order valence-corrected chi connectivity index (χ3v) is 5.91. The van der Waals surface area contributed by atoms with Crippen molar-refractivity contribution in [1.82, 2.24) is 10.3 Å². The first-order valence-electron chi connectivity index (χ1n) is 7.92. The number of aromatic nitrogens is 1. The first-order chi connectivity index (χ1) is 10.3. The fraction of sp³-hybridized carbons (Fsp3) is 0.750. The first-order valence-corrected chi connectivity index (χ1v) is 8.80. The standard InChI is InChI=1S/C16H27N3O2S/c1-6-13-19-11(9-22-13)10(3)18-14(20)16(17)8-12(21-7-2)15(16,4)5/h9-10,12H,6-8,17H2,1-5H3,(H,18,20). The van der Waals surface area contributed by atoms with Crippen LogP contribution in [0.3, 0.4) is 0 Å². The second-order valence-corrected chi connectivity index (χ2v) is 7.50. The van der Waals surface area contributed by atoms with E-state index in [4.69, 9.17) is 10.5 Å². The van der Waals surface area contributed by atoms with Gasteiger partial charge in [-0.3, -0.25) is 4.79 Å². The maximum atomic E-state index is 12.7. The molecule has 1 heterocycles. The lowest BCUT2D eigenvalue weighted by atomic mass is 9.54. The Morgan fingerprint density at radius 2 is 2.27 bits per heavy atom. The number of carbonyl (C=O) groups is 1. The molecule has 0 saturated heterocycles. The molecule has 1 saturated carbocycles. The summed E-state index contributed by atoms with van der Waals surface area (Å²) in [7, 11) is 0. The normalized spacial score (nSPS) is 28.0. The zero-order chi connectivity index (χ0) is 16.5. The zero-order valence-corrected chi connectivity index (χ0v) is 14.9. The molecule has 2 rings (SSSR count). The third-order valence-electron chi connectivity index (χ3n) is 4.90. The summed E-state index contributed by atoms with van der Waals surface area (Å²) in [6.45, 7) is 10.6. The van der Waals surface area contributed by atoms with Gasteiger partial charge in [-0.05, 0) is 20.3 Å². The zero-order valence-electron chi connectivity index (χ0n) is 14.1. The van der Waals surface area contributed by atoms with Gasteiger partial charge in [-0.25, -0.2) is 4.98 Å². The highest BCUT2D eigenvalue weighted by molar-refractivity contribution is 7.09. The fourth-order valence-electron chi connectivity index (χ4n) is 2.91. The third kappa shape index (κ3) is 2.79. The van der Waals surface area contributed by atoms with E-state index in [0.717, 1.165) is 17.1 Å². The van der Waals surface area contributed by atoms with Gasteiger partial charge in [0, 0.05) is 23.8 Å². The molecule has 3 unspecified atom stereocenters. The highest BCUT2D eigenvalue weighted by atomic mass is 32.1. The Balaban J connectivity index is 2.03. The summed E-state index contributed by atoms with van der Waals surface area (Å²) in [6.07, 6.45) is 1.51. The molecule has 0 bridgehead atoms. The van der Waals surface area contributed by atoms with Gasteiger partial charge in [-0.15, -0.1) is 11.3 Å². The molecule has 0 spiro atoms. The van der Waals surface area contributed by atoms with Crippen molar-refractivity contribution in [3.63, 3.8) is 0 Å². The van der Waals surface area contributed by atoms with E-state index >= 15 is 0 Å². The van der Waals surface area contributed by atoms with Crippen LogP contribution in [0.4, 0.5) is 0 Å². The first kappa shape index (κ1) is 17.4. The predicted molar refractivity (Wildman–Crippen MR) is 88.8 cm³/mol. The summed E-state index contributed by atoms with van der Waals surface area (Å²) in [5.74, 6) is -0.119. The number of amides is 1. The van der Waals surface area contributed by atoms with Crippen molar-refractivity contribution in [2.75, 3.05) is 6.61 Å². The van der Waals surface area contributed by atoms with Gasteiger partial charge in [0.1, 0.15) is 5.54 Å². The molecule has 0 aliphatic heterocycles. The van der Waals surface area contributed by atoms with E-state index in [-0.39, 0.29) is 23.5 Å². The summed E-state index contributed by atoms with van der Waals surface area (Å²) >= 11 is 1.63. The van der Waals surface area contributed by atoms with Gasteiger partial charge in [-0.1, -0.05) is 20.8 Å². The van der Waals surface area contributed by atoms with Gasteiger partial charge in [0.05, 0.1) is 22.8 Å². The van der Waals surface area contributed by atoms with Gasteiger partial charge < -0.3 is 15.8 Å². The van der Waals surface area contributed by atoms with E-state index in [1.807, 2.05) is 33.1 Å². The largest absolute Gasteiger partial charge is 0.378 e. The van der Waals surface area contributed by atoms with Gasteiger partial charge in [0.2, 0.25) is 5.91 Å². The van der Waals surface area contributed by atoms with E-state index in [9.17, 15) is 4.79 Å². The lowest BCUT2D eigenvalue weighted by molar-refractivity contribution is -0.171. The van der Waals surface area contributed by atoms with Crippen molar-refractivity contribution < 1.29 is 9.53 Å². The summed E-state index contributed by atoms with van der Waals surface area (Å²) in [4.78, 5) is 17.2. The van der Waals surface area contributed by atoms with Crippen molar-refractivity contribution in [3.8, 4) is 0 Å². The second kappa shape index (κ2) is 6.26. The topological polar surface area (TPSA) is 77.2 Å². The van der Waals surface area contributed by atoms with Crippen molar-refractivity contribution in [2.24, 2.45) is 11.1 Å². The number of thiazole rings is 1. The molecule has 124 valence electrons. The number of ether oxygens (including phenoxy) is 1. The van der Waals surface area contributed by atoms with Crippen LogP contribution in [-0.2, 0) is 16.0 Å². The number of nitrogens with one attached hydrogen (secondary N) is 1. The van der Waals surface area contributed by atoms with Crippen LogP contribution in [0.5, 0.6) is 0 Å². The number of hydrogen-bond donors (Lipinski definition) is 2. The second-order valence-electron chi connectivity index (χ2n) is 6.56. The number of aryl methyl sites for hydroxylation is 1. The molecule has 1 fully saturated rings. The molecule has 6 heteroatoms. The number of rotatable bonds is 6. The molecule has 3 atom stereocenters. The van der Waals surface area contributed by atoms with E-state index in [1.165, 1.54) is 0 Å². The highest BCUT2D eigenvalue weighted by Gasteiger charge is 2.62. The lowest BCUT2D eigenvalue weighted by Crippen LogP contribution is -2.75. The minimum absolute atomic E-state index is 0.0366. The highest BCUT2D eigenvalue weighted by Crippen LogP contribution is 2.50. The Morgan fingerprint density at radius 1 is 1.59 bits per heavy atom. The van der Waals surface area contributed by atoms with Crippen LogP contribution in [0.1, 0.15) is 57.8 Å². The summed E-state index contributed by atoms with van der Waals surface area (Å²) < 4.78 is 5.68. The van der Waals surface area contributed by atoms with E-state index in [2.05, 4.69) is 17.2 Å². The quantitative estimate of drug-likeness (QED) is 0.842. The van der Waals surface area contributed by atoms with Crippen LogP contribution < -0.4 is 11.1 Å². The fourth-order valence-corrected chi connectivity index (χ4v) is 3.74. The minimum Gasteiger partial charge on any atom is -0.378 e. The maximum absolute atomic E-state index is 12.7. The van der Waals surface area contributed by atoms with Crippen LogP contribution in [0.2, 0.25) is 0 Å². The Hall–Kier alpha value is -0.980. The van der Waals surface area contributed by atoms with Crippen LogP contribution in [0, 0.1) is 5.41 Å². The number of nitrogens with zero attached hydrogens (tertiary/aromatic N) is 1. The Kier molecular flexibility index (Phi) is 4.94. The van der Waals surface area contributed by atoms with Crippen LogP contribution in [0.15, 0.2) is 5.38 Å². The SMILES string of the molecule is CCOC1CC(N)(C(=O)NC(C)c2csc(CC)n2)C1(C)C. The van der Waals surface area contributed by atoms with Gasteiger partial charge in [0.25, 0.3) is 0 Å². The Morgan fingerprint density at radius 3 is 2.77 bits per heavy atom. The average molecular weight is 325 g/mol. The Labute approximate surface area is 136 Å². The molecule has 0 aromatic carbocycles. The number of hydrogen-bond acceptors (Lipinski definition) is 5. The van der Waals surface area contributed by atoms with Gasteiger partial charge in [0.15, 0.2) is 0 Å². The van der Waals surface area contributed by atoms with Crippen LogP contribution in [0.25, 0.3) is 0 Å². The molecular formula is C16H27N3O2S. The van der Waals surface area contributed by atoms with Crippen molar-refractivity contribution in [3.05, 3.63) is 16.1 Å². The van der Waals surface area contributed by atoms with Crippen LogP contribution >= 0.6 is 11.3 Å². The molecule has 1 aromatic rings. The number of carbonyl (C=O) groups excluding carboxylic acids is 1. The summed E-state index contributed by atoms with van der Waals surface area (Å²) in [6, 6.07) is -0.133. The molecule has 1 amide bonds. The van der Waals surface area contributed by atoms with Gasteiger partial charge in [-0.2, -0.15) is 0 Å². The number of nitrogens with two attached hydrogens (primary N) is 1. The molecule has 1 aliphatic carbocycles. The van der Waals surface area contributed by atoms with Crippen molar-refractivity contribution in [2.45, 2.75) is 65.1 Å². The molecule has 1 aromatic heterocycles. The molecule has 1 aliphatic rings. The predicted octanol–water partition coefficient (Wildman–Crippen LogP) is 2.42. The summed E-state index contributed by atoms with van der Waals surface area (Å²) in [5.41, 5.74) is 6.04. The monoisotopic (exact) mass is 325 g/mol. The maximum Gasteiger partial charge on any atom is 0.241 e. The molecule has 22 heavy (non-hydrogen) atoms. The molecule has 5 nitrogen and oxygen atoms in total. The van der Waals surface area contributed by atoms with Crippen LogP contribution in [-0.4, -0.2) is 29.1 Å². The van der Waals surface area contributed by atoms with Crippen molar-refractivity contribution >= 4 is 17.2 Å². The lowest BCUT2D eigenvalue weighted by Gasteiger charge is -2.57. The molecular weight excluding hydrogens is 298 g/mol. The van der Waals surface area contributed by atoms with Gasteiger partial charge >= 0.3 is 0 Å². The average Bonchev–Trinajstić information content (AvgIpc) is 2.95. The van der Waals surface area contributed by atoms with E-state index in [1.54, 1.807) is 11.3 Å².